The fourth-order valence-electron chi connectivity index (χ4n) is 1.91. The summed E-state index contributed by atoms with van der Waals surface area (Å²) in [6.07, 6.45) is 0. The number of nitrogens with zero attached hydrogens (tertiary/aromatic N) is 1. The van der Waals surface area contributed by atoms with E-state index in [0.717, 1.165) is 17.1 Å². The van der Waals surface area contributed by atoms with Crippen LogP contribution in [0.15, 0.2) is 48.5 Å². The van der Waals surface area contributed by atoms with Gasteiger partial charge in [-0.1, -0.05) is 42.0 Å². The molecule has 0 atom stereocenters. The Morgan fingerprint density at radius 2 is 1.83 bits per heavy atom. The average Bonchev–Trinajstić information content (AvgIpc) is 2.82. The van der Waals surface area contributed by atoms with Crippen molar-refractivity contribution in [2.75, 3.05) is 5.32 Å². The minimum atomic E-state index is 0.840. The van der Waals surface area contributed by atoms with Crippen LogP contribution < -0.4 is 5.32 Å². The van der Waals surface area contributed by atoms with Crippen LogP contribution in [-0.4, -0.2) is 4.37 Å². The molecule has 90 valence electrons. The lowest BCUT2D eigenvalue weighted by molar-refractivity contribution is 1.16. The van der Waals surface area contributed by atoms with E-state index in [2.05, 4.69) is 46.9 Å². The highest BCUT2D eigenvalue weighted by atomic mass is 32.1. The summed E-state index contributed by atoms with van der Waals surface area (Å²) in [6, 6.07) is 16.8. The molecule has 0 aliphatic heterocycles. The Morgan fingerprint density at radius 3 is 2.67 bits per heavy atom. The smallest absolute Gasteiger partial charge is 0.117 e. The number of anilines is 1. The third kappa shape index (κ3) is 2.22. The molecular weight excluding hydrogens is 240 g/mol. The van der Waals surface area contributed by atoms with Gasteiger partial charge in [0.15, 0.2) is 0 Å². The molecule has 2 aromatic carbocycles. The van der Waals surface area contributed by atoms with Crippen LogP contribution >= 0.6 is 11.5 Å². The zero-order valence-electron chi connectivity index (χ0n) is 10.2. The summed E-state index contributed by atoms with van der Waals surface area (Å²) in [5, 5.41) is 5.81. The maximum atomic E-state index is 4.42. The molecule has 0 fully saturated rings. The Hall–Kier alpha value is -1.87. The van der Waals surface area contributed by atoms with Crippen molar-refractivity contribution in [1.29, 1.82) is 0 Å². The summed E-state index contributed by atoms with van der Waals surface area (Å²) in [6.45, 7) is 2.94. The monoisotopic (exact) mass is 254 g/mol. The first-order valence-electron chi connectivity index (χ1n) is 5.97. The van der Waals surface area contributed by atoms with E-state index in [1.54, 1.807) is 0 Å². The molecular formula is C15H14N2S. The maximum Gasteiger partial charge on any atom is 0.117 e. The second-order valence-corrected chi connectivity index (χ2v) is 5.14. The molecule has 1 heterocycles. The van der Waals surface area contributed by atoms with Gasteiger partial charge in [-0.2, -0.15) is 4.37 Å². The number of benzene rings is 2. The Balaban J connectivity index is 1.79. The van der Waals surface area contributed by atoms with E-state index in [1.807, 2.05) is 18.2 Å². The molecule has 0 amide bonds. The molecule has 1 N–H and O–H groups in total. The molecule has 18 heavy (non-hydrogen) atoms. The zero-order valence-corrected chi connectivity index (χ0v) is 11.0. The van der Waals surface area contributed by atoms with Gasteiger partial charge in [0.1, 0.15) is 5.00 Å². The lowest BCUT2D eigenvalue weighted by atomic mass is 10.1. The van der Waals surface area contributed by atoms with E-state index in [-0.39, 0.29) is 0 Å². The molecule has 0 aliphatic rings. The minimum absolute atomic E-state index is 0.840. The van der Waals surface area contributed by atoms with Crippen molar-refractivity contribution in [3.63, 3.8) is 0 Å². The highest BCUT2D eigenvalue weighted by Gasteiger charge is 2.04. The number of aryl methyl sites for hydroxylation is 1. The van der Waals surface area contributed by atoms with E-state index in [1.165, 1.54) is 28.0 Å². The topological polar surface area (TPSA) is 24.9 Å². The molecule has 0 spiro atoms. The van der Waals surface area contributed by atoms with Crippen molar-refractivity contribution in [2.45, 2.75) is 13.5 Å². The highest BCUT2D eigenvalue weighted by Crippen LogP contribution is 2.27. The predicted octanol–water partition coefficient (Wildman–Crippen LogP) is 4.22. The van der Waals surface area contributed by atoms with E-state index in [9.17, 15) is 0 Å². The molecule has 3 rings (SSSR count). The van der Waals surface area contributed by atoms with Gasteiger partial charge in [0, 0.05) is 11.9 Å². The second-order valence-electron chi connectivity index (χ2n) is 4.37. The van der Waals surface area contributed by atoms with Crippen LogP contribution in [-0.2, 0) is 6.54 Å². The SMILES string of the molecule is Cc1ccc(CNc2snc3ccccc23)cc1. The maximum absolute atomic E-state index is 4.42. The summed E-state index contributed by atoms with van der Waals surface area (Å²) in [7, 11) is 0. The molecule has 2 nitrogen and oxygen atoms in total. The van der Waals surface area contributed by atoms with E-state index in [0.29, 0.717) is 0 Å². The number of hydrogen-bond acceptors (Lipinski definition) is 3. The van der Waals surface area contributed by atoms with Crippen molar-refractivity contribution >= 4 is 27.4 Å². The molecule has 0 aliphatic carbocycles. The quantitative estimate of drug-likeness (QED) is 0.757. The van der Waals surface area contributed by atoms with Crippen LogP contribution in [0.4, 0.5) is 5.00 Å². The number of fused-ring (bicyclic) bond motifs is 1. The molecule has 0 saturated carbocycles. The van der Waals surface area contributed by atoms with Crippen LogP contribution in [0.3, 0.4) is 0 Å². The summed E-state index contributed by atoms with van der Waals surface area (Å²) in [5.41, 5.74) is 3.65. The first-order valence-corrected chi connectivity index (χ1v) is 6.74. The van der Waals surface area contributed by atoms with Crippen molar-refractivity contribution in [3.05, 3.63) is 59.7 Å². The Morgan fingerprint density at radius 1 is 1.06 bits per heavy atom. The van der Waals surface area contributed by atoms with Gasteiger partial charge in [0.05, 0.1) is 5.52 Å². The van der Waals surface area contributed by atoms with Gasteiger partial charge in [0.25, 0.3) is 0 Å². The van der Waals surface area contributed by atoms with Gasteiger partial charge >= 0.3 is 0 Å². The van der Waals surface area contributed by atoms with Crippen LogP contribution in [0.2, 0.25) is 0 Å². The summed E-state index contributed by atoms with van der Waals surface area (Å²) in [4.78, 5) is 0. The second kappa shape index (κ2) is 4.78. The first-order chi connectivity index (χ1) is 8.83. The van der Waals surface area contributed by atoms with Crippen molar-refractivity contribution < 1.29 is 0 Å². The van der Waals surface area contributed by atoms with Gasteiger partial charge < -0.3 is 5.32 Å². The van der Waals surface area contributed by atoms with Crippen LogP contribution in [0.5, 0.6) is 0 Å². The first kappa shape index (κ1) is 11.2. The Bertz CT molecular complexity index is 656. The standard InChI is InChI=1S/C15H14N2S/c1-11-6-8-12(9-7-11)10-16-15-13-4-2-3-5-14(13)17-18-15/h2-9,16H,10H2,1H3. The van der Waals surface area contributed by atoms with Crippen molar-refractivity contribution in [2.24, 2.45) is 0 Å². The molecule has 3 heteroatoms. The Kier molecular flexibility index (Phi) is 2.99. The van der Waals surface area contributed by atoms with Crippen molar-refractivity contribution in [1.82, 2.24) is 4.37 Å². The third-order valence-corrected chi connectivity index (χ3v) is 3.79. The molecule has 1 aromatic heterocycles. The fraction of sp³-hybridized carbons (Fsp3) is 0.133. The minimum Gasteiger partial charge on any atom is -0.371 e. The fourth-order valence-corrected chi connectivity index (χ4v) is 2.66. The molecule has 0 saturated heterocycles. The van der Waals surface area contributed by atoms with Gasteiger partial charge in [-0.05, 0) is 36.2 Å². The van der Waals surface area contributed by atoms with Gasteiger partial charge in [-0.15, -0.1) is 0 Å². The highest BCUT2D eigenvalue weighted by molar-refractivity contribution is 7.11. The lowest BCUT2D eigenvalue weighted by Crippen LogP contribution is -1.97. The van der Waals surface area contributed by atoms with E-state index in [4.69, 9.17) is 0 Å². The van der Waals surface area contributed by atoms with E-state index >= 15 is 0 Å². The normalized spacial score (nSPS) is 10.7. The van der Waals surface area contributed by atoms with Gasteiger partial charge in [0.2, 0.25) is 0 Å². The molecule has 0 bridgehead atoms. The molecule has 0 unspecified atom stereocenters. The summed E-state index contributed by atoms with van der Waals surface area (Å²) >= 11 is 1.52. The van der Waals surface area contributed by atoms with Crippen molar-refractivity contribution in [3.8, 4) is 0 Å². The number of hydrogen-bond donors (Lipinski definition) is 1. The number of aromatic nitrogens is 1. The largest absolute Gasteiger partial charge is 0.371 e. The third-order valence-electron chi connectivity index (χ3n) is 2.96. The molecule has 0 radical (unpaired) electrons. The summed E-state index contributed by atoms with van der Waals surface area (Å²) < 4.78 is 4.42. The Labute approximate surface area is 110 Å². The van der Waals surface area contributed by atoms with Crippen LogP contribution in [0.1, 0.15) is 11.1 Å². The zero-order chi connectivity index (χ0) is 12.4. The summed E-state index contributed by atoms with van der Waals surface area (Å²) in [5.74, 6) is 0. The van der Waals surface area contributed by atoms with Crippen LogP contribution in [0, 0.1) is 6.92 Å². The van der Waals surface area contributed by atoms with Gasteiger partial charge in [-0.25, -0.2) is 0 Å². The van der Waals surface area contributed by atoms with Gasteiger partial charge in [-0.3, -0.25) is 0 Å². The van der Waals surface area contributed by atoms with E-state index < -0.39 is 0 Å². The van der Waals surface area contributed by atoms with Crippen LogP contribution in [0.25, 0.3) is 10.9 Å². The number of rotatable bonds is 3. The molecule has 3 aromatic rings. The average molecular weight is 254 g/mol. The lowest BCUT2D eigenvalue weighted by Gasteiger charge is -2.04. The number of nitrogens with one attached hydrogen (secondary N) is 1. The predicted molar refractivity (Wildman–Crippen MR) is 78.1 cm³/mol.